The Kier molecular flexibility index (Phi) is 2.53. The van der Waals surface area contributed by atoms with Crippen molar-refractivity contribution in [2.45, 2.75) is 4.21 Å². The monoisotopic (exact) mass is 214 g/mol. The smallest absolute Gasteiger partial charge is 0.215 e. The summed E-state index contributed by atoms with van der Waals surface area (Å²) >= 11 is 0.766. The van der Waals surface area contributed by atoms with E-state index >= 15 is 0 Å². The van der Waals surface area contributed by atoms with Crippen molar-refractivity contribution in [1.29, 1.82) is 5.26 Å². The average Bonchev–Trinajstić information content (AvgIpc) is 2.52. The second-order valence-electron chi connectivity index (χ2n) is 1.88. The third-order valence-electron chi connectivity index (χ3n) is 1.09. The molecule has 0 unspecified atom stereocenters. The Labute approximate surface area is 77.7 Å². The summed E-state index contributed by atoms with van der Waals surface area (Å²) in [6, 6.07) is 4.36. The van der Waals surface area contributed by atoms with Gasteiger partial charge in [0.05, 0.1) is 0 Å². The molecule has 0 aliphatic rings. The summed E-state index contributed by atoms with van der Waals surface area (Å²) < 4.78 is 24.6. The van der Waals surface area contributed by atoms with E-state index in [1.54, 1.807) is 6.07 Å². The van der Waals surface area contributed by atoms with Crippen LogP contribution in [0.25, 0.3) is 10.4 Å². The van der Waals surface area contributed by atoms with Crippen molar-refractivity contribution in [3.05, 3.63) is 27.5 Å². The van der Waals surface area contributed by atoms with Crippen LogP contribution in [0.5, 0.6) is 0 Å². The fourth-order valence-corrected chi connectivity index (χ4v) is 2.35. The van der Waals surface area contributed by atoms with Crippen molar-refractivity contribution in [3.8, 4) is 6.07 Å². The van der Waals surface area contributed by atoms with Crippen LogP contribution in [0.1, 0.15) is 4.88 Å². The van der Waals surface area contributed by atoms with Crippen molar-refractivity contribution in [2.75, 3.05) is 0 Å². The van der Waals surface area contributed by atoms with Gasteiger partial charge in [0.25, 0.3) is 10.0 Å². The highest BCUT2D eigenvalue weighted by molar-refractivity contribution is 7.92. The van der Waals surface area contributed by atoms with E-state index in [9.17, 15) is 8.42 Å². The maximum Gasteiger partial charge on any atom is 0.273 e. The van der Waals surface area contributed by atoms with E-state index in [2.05, 4.69) is 9.43 Å². The molecule has 0 spiro atoms. The normalized spacial score (nSPS) is 10.1. The molecule has 0 fully saturated rings. The van der Waals surface area contributed by atoms with Crippen LogP contribution < -0.4 is 0 Å². The standard InChI is InChI=1S/C5H2N4O2S2/c6-3-4-1-2-5(12-4)13(10,11)9-8-7/h1-2H. The van der Waals surface area contributed by atoms with E-state index in [0.717, 1.165) is 11.3 Å². The zero-order chi connectivity index (χ0) is 9.90. The number of rotatable bonds is 2. The van der Waals surface area contributed by atoms with Gasteiger partial charge in [0.2, 0.25) is 0 Å². The van der Waals surface area contributed by atoms with Gasteiger partial charge in [-0.3, -0.25) is 0 Å². The Morgan fingerprint density at radius 1 is 1.62 bits per heavy atom. The topological polar surface area (TPSA) is 107 Å². The Hall–Kier alpha value is -1.55. The van der Waals surface area contributed by atoms with Crippen LogP contribution in [0.2, 0.25) is 0 Å². The Morgan fingerprint density at radius 3 is 2.77 bits per heavy atom. The van der Waals surface area contributed by atoms with E-state index in [1.165, 1.54) is 12.1 Å². The van der Waals surface area contributed by atoms with Gasteiger partial charge >= 0.3 is 0 Å². The molecule has 0 aromatic carbocycles. The number of thiophene rings is 1. The second kappa shape index (κ2) is 3.45. The number of hydrogen-bond acceptors (Lipinski definition) is 4. The van der Waals surface area contributed by atoms with Gasteiger partial charge in [-0.2, -0.15) is 5.26 Å². The highest BCUT2D eigenvalue weighted by Crippen LogP contribution is 2.22. The first-order valence-corrected chi connectivity index (χ1v) is 5.17. The van der Waals surface area contributed by atoms with Gasteiger partial charge in [-0.15, -0.1) is 11.3 Å². The quantitative estimate of drug-likeness (QED) is 0.424. The van der Waals surface area contributed by atoms with Gasteiger partial charge in [-0.25, -0.2) is 8.42 Å². The molecule has 1 rings (SSSR count). The minimum Gasteiger partial charge on any atom is -0.215 e. The minimum absolute atomic E-state index is 0.123. The molecule has 66 valence electrons. The number of nitriles is 1. The molecule has 0 saturated heterocycles. The Balaban J connectivity index is 3.25. The van der Waals surface area contributed by atoms with E-state index in [4.69, 9.17) is 10.8 Å². The average molecular weight is 214 g/mol. The third kappa shape index (κ3) is 1.97. The molecule has 0 aliphatic carbocycles. The molecule has 1 aromatic rings. The van der Waals surface area contributed by atoms with Gasteiger partial charge in [-0.05, 0) is 17.7 Å². The Morgan fingerprint density at radius 2 is 2.31 bits per heavy atom. The lowest BCUT2D eigenvalue weighted by Crippen LogP contribution is -1.89. The van der Waals surface area contributed by atoms with Crippen LogP contribution in [-0.4, -0.2) is 8.42 Å². The lowest BCUT2D eigenvalue weighted by Gasteiger charge is -1.86. The van der Waals surface area contributed by atoms with Crippen molar-refractivity contribution < 1.29 is 8.42 Å². The number of nitrogens with zero attached hydrogens (tertiary/aromatic N) is 4. The summed E-state index contributed by atoms with van der Waals surface area (Å²) in [4.78, 5) is 2.44. The molecule has 0 saturated carbocycles. The highest BCUT2D eigenvalue weighted by Gasteiger charge is 2.14. The SMILES string of the molecule is N#Cc1ccc(S(=O)(=O)N=[N+]=[N-])s1. The van der Waals surface area contributed by atoms with Crippen molar-refractivity contribution >= 4 is 21.4 Å². The van der Waals surface area contributed by atoms with Crippen LogP contribution in [0, 0.1) is 11.3 Å². The molecule has 0 atom stereocenters. The van der Waals surface area contributed by atoms with Crippen LogP contribution in [0.15, 0.2) is 20.9 Å². The van der Waals surface area contributed by atoms with E-state index in [0.29, 0.717) is 0 Å². The van der Waals surface area contributed by atoms with Gasteiger partial charge in [0.15, 0.2) is 0 Å². The molecular formula is C5H2N4O2S2. The molecule has 0 bridgehead atoms. The zero-order valence-corrected chi connectivity index (χ0v) is 7.71. The maximum absolute atomic E-state index is 11.0. The summed E-state index contributed by atoms with van der Waals surface area (Å²) in [7, 11) is -3.92. The largest absolute Gasteiger partial charge is 0.273 e. The molecule has 0 N–H and O–H groups in total. The predicted octanol–water partition coefficient (Wildman–Crippen LogP) is 1.62. The Bertz CT molecular complexity index is 503. The molecule has 1 aromatic heterocycles. The van der Waals surface area contributed by atoms with Gasteiger partial charge in [0, 0.05) is 9.43 Å². The molecular weight excluding hydrogens is 212 g/mol. The molecule has 0 amide bonds. The summed E-state index contributed by atoms with van der Waals surface area (Å²) in [5.74, 6) is 0. The first-order chi connectivity index (χ1) is 6.10. The van der Waals surface area contributed by atoms with Crippen LogP contribution in [-0.2, 0) is 10.0 Å². The molecule has 6 nitrogen and oxygen atoms in total. The number of hydrogen-bond donors (Lipinski definition) is 0. The lowest BCUT2D eigenvalue weighted by atomic mass is 10.5. The second-order valence-corrected chi connectivity index (χ2v) is 4.77. The van der Waals surface area contributed by atoms with E-state index in [-0.39, 0.29) is 9.09 Å². The highest BCUT2D eigenvalue weighted by atomic mass is 32.2. The summed E-state index contributed by atoms with van der Waals surface area (Å²) in [5, 5.41) is 8.41. The summed E-state index contributed by atoms with van der Waals surface area (Å²) in [6.07, 6.45) is 0. The predicted molar refractivity (Wildman–Crippen MR) is 45.4 cm³/mol. The van der Waals surface area contributed by atoms with Crippen LogP contribution in [0.4, 0.5) is 0 Å². The summed E-state index contributed by atoms with van der Waals surface area (Å²) in [6.45, 7) is 0. The van der Waals surface area contributed by atoms with Gasteiger partial charge < -0.3 is 0 Å². The number of sulfonamides is 1. The molecule has 0 radical (unpaired) electrons. The van der Waals surface area contributed by atoms with Crippen molar-refractivity contribution in [1.82, 2.24) is 0 Å². The first kappa shape index (κ1) is 9.54. The third-order valence-corrected chi connectivity index (χ3v) is 3.69. The first-order valence-electron chi connectivity index (χ1n) is 2.91. The van der Waals surface area contributed by atoms with Crippen LogP contribution >= 0.6 is 11.3 Å². The molecule has 1 heterocycles. The van der Waals surface area contributed by atoms with E-state index in [1.807, 2.05) is 0 Å². The summed E-state index contributed by atoms with van der Waals surface area (Å²) in [5.41, 5.74) is 7.95. The van der Waals surface area contributed by atoms with Crippen LogP contribution in [0.3, 0.4) is 0 Å². The molecule has 13 heavy (non-hydrogen) atoms. The number of azide groups is 1. The van der Waals surface area contributed by atoms with Gasteiger partial charge in [0.1, 0.15) is 15.2 Å². The fourth-order valence-electron chi connectivity index (χ4n) is 0.607. The van der Waals surface area contributed by atoms with Crippen molar-refractivity contribution in [3.63, 3.8) is 0 Å². The maximum atomic E-state index is 11.0. The van der Waals surface area contributed by atoms with Crippen molar-refractivity contribution in [2.24, 2.45) is 4.52 Å². The minimum atomic E-state index is -3.92. The molecule has 8 heteroatoms. The van der Waals surface area contributed by atoms with Gasteiger partial charge in [-0.1, -0.05) is 0 Å². The molecule has 0 aliphatic heterocycles. The van der Waals surface area contributed by atoms with E-state index < -0.39 is 10.0 Å². The lowest BCUT2D eigenvalue weighted by molar-refractivity contribution is 0.599. The zero-order valence-electron chi connectivity index (χ0n) is 6.08. The fraction of sp³-hybridized carbons (Fsp3) is 0.